The summed E-state index contributed by atoms with van der Waals surface area (Å²) < 4.78 is 0. The molecule has 1 aliphatic rings. The van der Waals surface area contributed by atoms with Gasteiger partial charge < -0.3 is 16.0 Å². The Morgan fingerprint density at radius 2 is 1.42 bits per heavy atom. The van der Waals surface area contributed by atoms with Gasteiger partial charge in [0.15, 0.2) is 0 Å². The molecule has 5 rings (SSSR count). The third-order valence-electron chi connectivity index (χ3n) is 8.33. The number of aryl methyl sites for hydroxylation is 1. The summed E-state index contributed by atoms with van der Waals surface area (Å²) in [4.78, 5) is 42.0. The first-order valence-corrected chi connectivity index (χ1v) is 15.2. The van der Waals surface area contributed by atoms with Crippen LogP contribution in [0, 0.1) is 0 Å². The topological polar surface area (TPSA) is 90.5 Å². The maximum absolute atomic E-state index is 13.7. The molecule has 0 unspecified atom stereocenters. The van der Waals surface area contributed by atoms with Gasteiger partial charge in [-0.25, -0.2) is 0 Å². The van der Waals surface area contributed by atoms with E-state index in [1.54, 1.807) is 0 Å². The third kappa shape index (κ3) is 7.67. The fourth-order valence-corrected chi connectivity index (χ4v) is 5.75. The van der Waals surface area contributed by atoms with E-state index in [1.165, 1.54) is 5.56 Å². The zero-order chi connectivity index (χ0) is 30.1. The van der Waals surface area contributed by atoms with Gasteiger partial charge in [0.25, 0.3) is 5.91 Å². The second-order valence-electron chi connectivity index (χ2n) is 11.3. The van der Waals surface area contributed by atoms with Gasteiger partial charge in [0.1, 0.15) is 5.54 Å². The Balaban J connectivity index is 1.19. The quantitative estimate of drug-likeness (QED) is 0.227. The highest BCUT2D eigenvalue weighted by Gasteiger charge is 2.42. The van der Waals surface area contributed by atoms with Gasteiger partial charge in [-0.05, 0) is 58.9 Å². The molecule has 1 saturated heterocycles. The van der Waals surface area contributed by atoms with E-state index in [-0.39, 0.29) is 30.7 Å². The van der Waals surface area contributed by atoms with Gasteiger partial charge in [-0.2, -0.15) is 0 Å². The van der Waals surface area contributed by atoms with Crippen LogP contribution in [0.15, 0.2) is 97.1 Å². The Morgan fingerprint density at radius 3 is 2.16 bits per heavy atom. The maximum Gasteiger partial charge on any atom is 0.252 e. The van der Waals surface area contributed by atoms with Crippen LogP contribution < -0.4 is 16.0 Å². The minimum atomic E-state index is -1.03. The summed E-state index contributed by atoms with van der Waals surface area (Å²) in [6.45, 7) is 4.81. The first kappa shape index (κ1) is 30.0. The second-order valence-corrected chi connectivity index (χ2v) is 11.3. The van der Waals surface area contributed by atoms with Crippen molar-refractivity contribution < 1.29 is 14.4 Å². The van der Waals surface area contributed by atoms with Crippen molar-refractivity contribution in [3.05, 3.63) is 119 Å². The SMILES string of the molecule is CCc1ccc(C(=O)NC2(C(=O)NCCNC(=O)Cc3cccc4ccccc34)CCN(Cc3ccccc3)CC2)cc1. The predicted octanol–water partition coefficient (Wildman–Crippen LogP) is 4.64. The monoisotopic (exact) mass is 576 g/mol. The number of nitrogens with zero attached hydrogens (tertiary/aromatic N) is 1. The van der Waals surface area contributed by atoms with Crippen molar-refractivity contribution in [2.75, 3.05) is 26.2 Å². The standard InChI is InChI=1S/C36H40N4O3/c1-2-27-15-17-30(18-16-27)34(42)39-36(19-23-40(24-20-36)26-28-9-4-3-5-10-28)35(43)38-22-21-37-33(41)25-31-13-8-12-29-11-6-7-14-32(29)31/h3-18H,2,19-26H2,1H3,(H,37,41)(H,38,43)(H,39,42). The molecule has 1 aliphatic heterocycles. The maximum atomic E-state index is 13.7. The van der Waals surface area contributed by atoms with Crippen LogP contribution in [-0.4, -0.2) is 54.3 Å². The van der Waals surface area contributed by atoms with Crippen LogP contribution in [-0.2, 0) is 29.0 Å². The molecule has 3 amide bonds. The van der Waals surface area contributed by atoms with E-state index in [2.05, 4.69) is 39.9 Å². The van der Waals surface area contributed by atoms with E-state index >= 15 is 0 Å². The van der Waals surface area contributed by atoms with E-state index in [4.69, 9.17) is 0 Å². The van der Waals surface area contributed by atoms with Crippen LogP contribution in [0.2, 0.25) is 0 Å². The average Bonchev–Trinajstić information content (AvgIpc) is 3.04. The molecule has 0 spiro atoms. The number of benzene rings is 4. The molecule has 0 radical (unpaired) electrons. The number of rotatable bonds is 11. The van der Waals surface area contributed by atoms with Crippen LogP contribution in [0.4, 0.5) is 0 Å². The second kappa shape index (κ2) is 14.1. The van der Waals surface area contributed by atoms with Gasteiger partial charge in [0, 0.05) is 38.3 Å². The molecule has 1 heterocycles. The number of carbonyl (C=O) groups is 3. The van der Waals surface area contributed by atoms with Crippen molar-refractivity contribution >= 4 is 28.5 Å². The van der Waals surface area contributed by atoms with Crippen LogP contribution in [0.1, 0.15) is 46.8 Å². The molecule has 222 valence electrons. The first-order chi connectivity index (χ1) is 21.0. The lowest BCUT2D eigenvalue weighted by atomic mass is 9.85. The summed E-state index contributed by atoms with van der Waals surface area (Å²) in [6, 6.07) is 31.8. The number of fused-ring (bicyclic) bond motifs is 1. The molecule has 3 N–H and O–H groups in total. The number of nitrogens with one attached hydrogen (secondary N) is 3. The highest BCUT2D eigenvalue weighted by Crippen LogP contribution is 2.25. The Hall–Kier alpha value is -4.49. The molecule has 1 fully saturated rings. The lowest BCUT2D eigenvalue weighted by molar-refractivity contribution is -0.129. The Bertz CT molecular complexity index is 1540. The molecule has 0 aromatic heterocycles. The fraction of sp³-hybridized carbons (Fsp3) is 0.306. The molecule has 4 aromatic carbocycles. The summed E-state index contributed by atoms with van der Waals surface area (Å²) in [5, 5.41) is 11.2. The highest BCUT2D eigenvalue weighted by atomic mass is 16.2. The van der Waals surface area contributed by atoms with E-state index < -0.39 is 5.54 Å². The number of hydrogen-bond acceptors (Lipinski definition) is 4. The number of piperidine rings is 1. The van der Waals surface area contributed by atoms with Gasteiger partial charge in [0.05, 0.1) is 6.42 Å². The Labute approximate surface area is 253 Å². The molecule has 4 aromatic rings. The molecule has 0 bridgehead atoms. The van der Waals surface area contributed by atoms with Crippen LogP contribution >= 0.6 is 0 Å². The van der Waals surface area contributed by atoms with E-state index in [0.717, 1.165) is 34.9 Å². The van der Waals surface area contributed by atoms with Crippen molar-refractivity contribution in [1.29, 1.82) is 0 Å². The number of amides is 3. The minimum absolute atomic E-state index is 0.0987. The van der Waals surface area contributed by atoms with Crippen molar-refractivity contribution in [2.24, 2.45) is 0 Å². The van der Waals surface area contributed by atoms with Crippen LogP contribution in [0.25, 0.3) is 10.8 Å². The van der Waals surface area contributed by atoms with Gasteiger partial charge in [-0.15, -0.1) is 0 Å². The summed E-state index contributed by atoms with van der Waals surface area (Å²) in [5.74, 6) is -0.565. The average molecular weight is 577 g/mol. The van der Waals surface area contributed by atoms with Gasteiger partial charge >= 0.3 is 0 Å². The van der Waals surface area contributed by atoms with Crippen LogP contribution in [0.5, 0.6) is 0 Å². The van der Waals surface area contributed by atoms with Gasteiger partial charge in [0.2, 0.25) is 11.8 Å². The van der Waals surface area contributed by atoms with E-state index in [0.29, 0.717) is 38.0 Å². The van der Waals surface area contributed by atoms with Crippen molar-refractivity contribution in [3.63, 3.8) is 0 Å². The first-order valence-electron chi connectivity index (χ1n) is 15.2. The summed E-state index contributed by atoms with van der Waals surface area (Å²) in [5.41, 5.74) is 2.85. The molecular weight excluding hydrogens is 536 g/mol. The van der Waals surface area contributed by atoms with Crippen LogP contribution in [0.3, 0.4) is 0 Å². The predicted molar refractivity (Wildman–Crippen MR) is 171 cm³/mol. The fourth-order valence-electron chi connectivity index (χ4n) is 5.75. The smallest absolute Gasteiger partial charge is 0.252 e. The lowest BCUT2D eigenvalue weighted by Crippen LogP contribution is -2.63. The van der Waals surface area contributed by atoms with Crippen molar-refractivity contribution in [2.45, 2.75) is 44.7 Å². The molecule has 7 nitrogen and oxygen atoms in total. The molecule has 43 heavy (non-hydrogen) atoms. The normalized spacial score (nSPS) is 14.6. The minimum Gasteiger partial charge on any atom is -0.354 e. The largest absolute Gasteiger partial charge is 0.354 e. The summed E-state index contributed by atoms with van der Waals surface area (Å²) in [6.07, 6.45) is 2.16. The molecule has 0 saturated carbocycles. The third-order valence-corrected chi connectivity index (χ3v) is 8.33. The van der Waals surface area contributed by atoms with E-state index in [1.807, 2.05) is 84.9 Å². The summed E-state index contributed by atoms with van der Waals surface area (Å²) in [7, 11) is 0. The highest BCUT2D eigenvalue weighted by molar-refractivity contribution is 5.99. The van der Waals surface area contributed by atoms with E-state index in [9.17, 15) is 14.4 Å². The zero-order valence-corrected chi connectivity index (χ0v) is 24.8. The van der Waals surface area contributed by atoms with Gasteiger partial charge in [-0.3, -0.25) is 19.3 Å². The summed E-state index contributed by atoms with van der Waals surface area (Å²) >= 11 is 0. The Morgan fingerprint density at radius 1 is 0.744 bits per heavy atom. The van der Waals surface area contributed by atoms with Gasteiger partial charge in [-0.1, -0.05) is 91.9 Å². The molecule has 0 atom stereocenters. The molecule has 0 aliphatic carbocycles. The zero-order valence-electron chi connectivity index (χ0n) is 24.8. The van der Waals surface area contributed by atoms with Crippen molar-refractivity contribution in [3.8, 4) is 0 Å². The lowest BCUT2D eigenvalue weighted by Gasteiger charge is -2.41. The number of hydrogen-bond donors (Lipinski definition) is 3. The molecular formula is C36H40N4O3. The molecule has 7 heteroatoms. The number of carbonyl (C=O) groups excluding carboxylic acids is 3. The number of likely N-dealkylation sites (tertiary alicyclic amines) is 1. The Kier molecular flexibility index (Phi) is 9.84. The van der Waals surface area contributed by atoms with Crippen molar-refractivity contribution in [1.82, 2.24) is 20.9 Å².